The Balaban J connectivity index is 1.55. The van der Waals surface area contributed by atoms with Crippen LogP contribution in [-0.2, 0) is 13.1 Å². The van der Waals surface area contributed by atoms with Gasteiger partial charge in [0.05, 0.1) is 19.0 Å². The summed E-state index contributed by atoms with van der Waals surface area (Å²) in [5.41, 5.74) is 2.53. The van der Waals surface area contributed by atoms with Gasteiger partial charge in [0.25, 0.3) is 0 Å². The van der Waals surface area contributed by atoms with E-state index in [-0.39, 0.29) is 0 Å². The van der Waals surface area contributed by atoms with Crippen LogP contribution in [0.3, 0.4) is 0 Å². The molecule has 7 heteroatoms. The van der Waals surface area contributed by atoms with Crippen molar-refractivity contribution in [2.24, 2.45) is 0 Å². The molecule has 0 aliphatic carbocycles. The fourth-order valence-electron chi connectivity index (χ4n) is 3.31. The predicted molar refractivity (Wildman–Crippen MR) is 97.7 cm³/mol. The van der Waals surface area contributed by atoms with Crippen LogP contribution in [0.5, 0.6) is 5.75 Å². The topological polar surface area (TPSA) is 56.1 Å². The van der Waals surface area contributed by atoms with E-state index in [1.54, 1.807) is 7.11 Å². The van der Waals surface area contributed by atoms with Crippen LogP contribution in [0.1, 0.15) is 30.0 Å². The SMILES string of the molecule is COc1ccc(CN2CCn3c(cnc3-c3nc(C)ns3)C2C)cc1. The number of imidazole rings is 1. The Morgan fingerprint density at radius 3 is 2.72 bits per heavy atom. The average molecular weight is 355 g/mol. The first kappa shape index (κ1) is 16.2. The van der Waals surface area contributed by atoms with Crippen LogP contribution in [0.2, 0.25) is 0 Å². The zero-order valence-electron chi connectivity index (χ0n) is 14.6. The first-order chi connectivity index (χ1) is 12.2. The first-order valence-corrected chi connectivity index (χ1v) is 9.16. The molecule has 4 rings (SSSR count). The van der Waals surface area contributed by atoms with Crippen molar-refractivity contribution in [3.63, 3.8) is 0 Å². The molecule has 130 valence electrons. The molecule has 1 aromatic carbocycles. The number of hydrogen-bond acceptors (Lipinski definition) is 6. The summed E-state index contributed by atoms with van der Waals surface area (Å²) in [6.45, 7) is 6.99. The molecule has 0 fully saturated rings. The number of benzene rings is 1. The summed E-state index contributed by atoms with van der Waals surface area (Å²) in [6.07, 6.45) is 1.98. The Hall–Kier alpha value is -2.25. The largest absolute Gasteiger partial charge is 0.497 e. The molecule has 6 nitrogen and oxygen atoms in total. The zero-order valence-corrected chi connectivity index (χ0v) is 15.5. The highest BCUT2D eigenvalue weighted by Gasteiger charge is 2.27. The number of hydrogen-bond donors (Lipinski definition) is 0. The van der Waals surface area contributed by atoms with Gasteiger partial charge in [-0.1, -0.05) is 12.1 Å². The van der Waals surface area contributed by atoms with E-state index < -0.39 is 0 Å². The third kappa shape index (κ3) is 3.05. The smallest absolute Gasteiger partial charge is 0.179 e. The monoisotopic (exact) mass is 355 g/mol. The molecule has 0 N–H and O–H groups in total. The lowest BCUT2D eigenvalue weighted by Crippen LogP contribution is -2.36. The van der Waals surface area contributed by atoms with Gasteiger partial charge in [0.1, 0.15) is 11.6 Å². The Labute approximate surface area is 151 Å². The Morgan fingerprint density at radius 2 is 2.04 bits per heavy atom. The highest BCUT2D eigenvalue weighted by Crippen LogP contribution is 2.31. The van der Waals surface area contributed by atoms with Gasteiger partial charge in [0.15, 0.2) is 10.8 Å². The fraction of sp³-hybridized carbons (Fsp3) is 0.389. The maximum atomic E-state index is 5.24. The van der Waals surface area contributed by atoms with Crippen molar-refractivity contribution in [3.8, 4) is 16.6 Å². The van der Waals surface area contributed by atoms with E-state index >= 15 is 0 Å². The maximum absolute atomic E-state index is 5.24. The van der Waals surface area contributed by atoms with Crippen LogP contribution >= 0.6 is 11.5 Å². The minimum Gasteiger partial charge on any atom is -0.497 e. The molecule has 1 aliphatic heterocycles. The Bertz CT molecular complexity index is 870. The van der Waals surface area contributed by atoms with Crippen LogP contribution in [0.4, 0.5) is 0 Å². The number of aryl methyl sites for hydroxylation is 1. The molecule has 0 spiro atoms. The fourth-order valence-corrected chi connectivity index (χ4v) is 3.98. The van der Waals surface area contributed by atoms with Gasteiger partial charge >= 0.3 is 0 Å². The van der Waals surface area contributed by atoms with Gasteiger partial charge in [-0.25, -0.2) is 9.97 Å². The summed E-state index contributed by atoms with van der Waals surface area (Å²) in [5.74, 6) is 2.64. The van der Waals surface area contributed by atoms with E-state index in [0.717, 1.165) is 42.0 Å². The molecule has 0 radical (unpaired) electrons. The van der Waals surface area contributed by atoms with Gasteiger partial charge in [-0.3, -0.25) is 4.90 Å². The molecule has 2 aromatic heterocycles. The lowest BCUT2D eigenvalue weighted by Gasteiger charge is -2.34. The van der Waals surface area contributed by atoms with E-state index in [1.165, 1.54) is 22.8 Å². The lowest BCUT2D eigenvalue weighted by molar-refractivity contribution is 0.161. The molecule has 25 heavy (non-hydrogen) atoms. The van der Waals surface area contributed by atoms with E-state index in [9.17, 15) is 0 Å². The van der Waals surface area contributed by atoms with E-state index in [2.05, 4.69) is 42.9 Å². The van der Waals surface area contributed by atoms with Crippen LogP contribution in [0, 0.1) is 6.92 Å². The van der Waals surface area contributed by atoms with Crippen LogP contribution in [0.15, 0.2) is 30.5 Å². The Morgan fingerprint density at radius 1 is 1.24 bits per heavy atom. The highest BCUT2D eigenvalue weighted by molar-refractivity contribution is 7.09. The summed E-state index contributed by atoms with van der Waals surface area (Å²) in [5, 5.41) is 0.902. The number of nitrogens with zero attached hydrogens (tertiary/aromatic N) is 5. The second kappa shape index (κ2) is 6.57. The molecule has 3 heterocycles. The van der Waals surface area contributed by atoms with Crippen molar-refractivity contribution >= 4 is 11.5 Å². The molecule has 3 aromatic rings. The minimum atomic E-state index is 0.311. The van der Waals surface area contributed by atoms with Gasteiger partial charge < -0.3 is 9.30 Å². The third-order valence-corrected chi connectivity index (χ3v) is 5.54. The molecule has 0 bridgehead atoms. The second-order valence-corrected chi connectivity index (χ2v) is 7.05. The zero-order chi connectivity index (χ0) is 17.4. The summed E-state index contributed by atoms with van der Waals surface area (Å²) in [6, 6.07) is 8.61. The number of ether oxygens (including phenoxy) is 1. The molecule has 1 atom stereocenters. The van der Waals surface area contributed by atoms with Gasteiger partial charge in [0.2, 0.25) is 0 Å². The van der Waals surface area contributed by atoms with Crippen molar-refractivity contribution in [1.29, 1.82) is 0 Å². The average Bonchev–Trinajstić information content (AvgIpc) is 3.24. The number of methoxy groups -OCH3 is 1. The van der Waals surface area contributed by atoms with E-state index in [4.69, 9.17) is 4.74 Å². The van der Waals surface area contributed by atoms with E-state index in [0.29, 0.717) is 6.04 Å². The number of aromatic nitrogens is 4. The van der Waals surface area contributed by atoms with Gasteiger partial charge in [-0.05, 0) is 43.1 Å². The van der Waals surface area contributed by atoms with E-state index in [1.807, 2.05) is 25.3 Å². The van der Waals surface area contributed by atoms with Gasteiger partial charge in [0, 0.05) is 25.7 Å². The van der Waals surface area contributed by atoms with Crippen molar-refractivity contribution in [1.82, 2.24) is 23.8 Å². The van der Waals surface area contributed by atoms with Crippen LogP contribution < -0.4 is 4.74 Å². The molecule has 0 saturated heterocycles. The molecular weight excluding hydrogens is 334 g/mol. The molecule has 1 unspecified atom stereocenters. The van der Waals surface area contributed by atoms with Crippen molar-refractivity contribution in [2.45, 2.75) is 33.0 Å². The Kier molecular flexibility index (Phi) is 4.27. The third-order valence-electron chi connectivity index (χ3n) is 4.74. The molecule has 0 amide bonds. The molecule has 0 saturated carbocycles. The summed E-state index contributed by atoms with van der Waals surface area (Å²) in [4.78, 5) is 11.6. The van der Waals surface area contributed by atoms with Gasteiger partial charge in [-0.2, -0.15) is 4.37 Å². The summed E-state index contributed by atoms with van der Waals surface area (Å²) in [7, 11) is 1.69. The maximum Gasteiger partial charge on any atom is 0.179 e. The van der Waals surface area contributed by atoms with Crippen LogP contribution in [-0.4, -0.2) is 37.5 Å². The lowest BCUT2D eigenvalue weighted by atomic mass is 10.1. The predicted octanol–water partition coefficient (Wildman–Crippen LogP) is 3.30. The minimum absolute atomic E-state index is 0.311. The molecular formula is C18H21N5OS. The van der Waals surface area contributed by atoms with Crippen molar-refractivity contribution in [2.75, 3.05) is 13.7 Å². The summed E-state index contributed by atoms with van der Waals surface area (Å²) >= 11 is 1.42. The highest BCUT2D eigenvalue weighted by atomic mass is 32.1. The first-order valence-electron chi connectivity index (χ1n) is 8.39. The normalized spacial score (nSPS) is 17.5. The quantitative estimate of drug-likeness (QED) is 0.719. The summed E-state index contributed by atoms with van der Waals surface area (Å²) < 4.78 is 11.8. The van der Waals surface area contributed by atoms with Crippen molar-refractivity contribution < 1.29 is 4.74 Å². The van der Waals surface area contributed by atoms with Gasteiger partial charge in [-0.15, -0.1) is 0 Å². The standard InChI is InChI=1S/C18H21N5OS/c1-12-16-10-19-17(18-20-13(2)21-25-18)23(16)9-8-22(12)11-14-4-6-15(24-3)7-5-14/h4-7,10,12H,8-9,11H2,1-3H3. The molecule has 1 aliphatic rings. The van der Waals surface area contributed by atoms with Crippen LogP contribution in [0.25, 0.3) is 10.8 Å². The second-order valence-electron chi connectivity index (χ2n) is 6.30. The van der Waals surface area contributed by atoms with Crippen molar-refractivity contribution in [3.05, 3.63) is 47.5 Å². The number of fused-ring (bicyclic) bond motifs is 1. The number of rotatable bonds is 4.